The van der Waals surface area contributed by atoms with Gasteiger partial charge >= 0.3 is 0 Å². The minimum absolute atomic E-state index is 0.0217. The Morgan fingerprint density at radius 3 is 2.21 bits per heavy atom. The number of nitrogens with zero attached hydrogens (tertiary/aromatic N) is 2. The molecule has 1 aliphatic rings. The van der Waals surface area contributed by atoms with Crippen molar-refractivity contribution in [2.24, 2.45) is 0 Å². The molecule has 5 nitrogen and oxygen atoms in total. The van der Waals surface area contributed by atoms with Gasteiger partial charge in [-0.3, -0.25) is 9.69 Å². The first-order chi connectivity index (χ1) is 16.0. The molecule has 0 radical (unpaired) electrons. The second-order valence-electron chi connectivity index (χ2n) is 8.55. The van der Waals surface area contributed by atoms with Crippen LogP contribution < -0.4 is 9.47 Å². The highest BCUT2D eigenvalue weighted by Gasteiger charge is 2.29. The van der Waals surface area contributed by atoms with Gasteiger partial charge in [-0.1, -0.05) is 54.1 Å². The van der Waals surface area contributed by atoms with Crippen LogP contribution in [0.4, 0.5) is 0 Å². The van der Waals surface area contributed by atoms with E-state index in [-0.39, 0.29) is 18.6 Å². The summed E-state index contributed by atoms with van der Waals surface area (Å²) in [5.74, 6) is 1.46. The fourth-order valence-corrected chi connectivity index (χ4v) is 4.41. The lowest BCUT2D eigenvalue weighted by Crippen LogP contribution is -2.51. The first kappa shape index (κ1) is 22.9. The van der Waals surface area contributed by atoms with Crippen molar-refractivity contribution in [2.45, 2.75) is 19.9 Å². The van der Waals surface area contributed by atoms with Crippen molar-refractivity contribution in [3.8, 4) is 11.5 Å². The van der Waals surface area contributed by atoms with Crippen LogP contribution in [0.3, 0.4) is 0 Å². The van der Waals surface area contributed by atoms with Crippen LogP contribution in [0.1, 0.15) is 28.3 Å². The summed E-state index contributed by atoms with van der Waals surface area (Å²) < 4.78 is 10.9. The molecule has 33 heavy (non-hydrogen) atoms. The Balaban J connectivity index is 1.41. The van der Waals surface area contributed by atoms with Gasteiger partial charge < -0.3 is 14.4 Å². The number of rotatable bonds is 7. The molecule has 0 N–H and O–H groups in total. The van der Waals surface area contributed by atoms with E-state index < -0.39 is 0 Å². The molecular formula is C28H32N2O3. The lowest BCUT2D eigenvalue weighted by atomic mass is 9.92. The zero-order chi connectivity index (χ0) is 23.2. The summed E-state index contributed by atoms with van der Waals surface area (Å²) in [5.41, 5.74) is 5.18. The SMILES string of the molecule is COc1ccc(OCC(=O)N2CCN([C@@H](c3ccccc3)c3cc(C)ccc3C)CC2)cc1. The van der Waals surface area contributed by atoms with Gasteiger partial charge in [-0.15, -0.1) is 0 Å². The van der Waals surface area contributed by atoms with Crippen molar-refractivity contribution in [1.82, 2.24) is 9.80 Å². The van der Waals surface area contributed by atoms with Gasteiger partial charge in [0, 0.05) is 26.2 Å². The summed E-state index contributed by atoms with van der Waals surface area (Å²) in [4.78, 5) is 17.2. The van der Waals surface area contributed by atoms with Gasteiger partial charge in [0.25, 0.3) is 5.91 Å². The minimum Gasteiger partial charge on any atom is -0.497 e. The maximum absolute atomic E-state index is 12.8. The molecule has 0 unspecified atom stereocenters. The fraction of sp³-hybridized carbons (Fsp3) is 0.321. The number of methoxy groups -OCH3 is 1. The first-order valence-electron chi connectivity index (χ1n) is 11.5. The number of aryl methyl sites for hydroxylation is 2. The van der Waals surface area contributed by atoms with Crippen LogP contribution in [0.15, 0.2) is 72.8 Å². The Bertz CT molecular complexity index is 1060. The molecular weight excluding hydrogens is 412 g/mol. The van der Waals surface area contributed by atoms with Crippen molar-refractivity contribution in [2.75, 3.05) is 39.9 Å². The van der Waals surface area contributed by atoms with E-state index in [1.165, 1.54) is 22.3 Å². The van der Waals surface area contributed by atoms with Crippen LogP contribution in [-0.2, 0) is 4.79 Å². The fourth-order valence-electron chi connectivity index (χ4n) is 4.41. The van der Waals surface area contributed by atoms with E-state index in [2.05, 4.69) is 67.3 Å². The van der Waals surface area contributed by atoms with Crippen molar-refractivity contribution in [3.63, 3.8) is 0 Å². The third-order valence-corrected chi connectivity index (χ3v) is 6.30. The number of ether oxygens (including phenoxy) is 2. The predicted molar refractivity (Wildman–Crippen MR) is 131 cm³/mol. The molecule has 0 saturated carbocycles. The zero-order valence-electron chi connectivity index (χ0n) is 19.7. The molecule has 0 bridgehead atoms. The molecule has 1 aliphatic heterocycles. The highest BCUT2D eigenvalue weighted by molar-refractivity contribution is 5.77. The molecule has 0 aromatic heterocycles. The van der Waals surface area contributed by atoms with Crippen LogP contribution in [0.2, 0.25) is 0 Å². The summed E-state index contributed by atoms with van der Waals surface area (Å²) in [6.45, 7) is 7.40. The molecule has 0 spiro atoms. The first-order valence-corrected chi connectivity index (χ1v) is 11.5. The highest BCUT2D eigenvalue weighted by atomic mass is 16.5. The lowest BCUT2D eigenvalue weighted by molar-refractivity contribution is -0.135. The summed E-state index contributed by atoms with van der Waals surface area (Å²) in [6.07, 6.45) is 0. The van der Waals surface area contributed by atoms with E-state index in [4.69, 9.17) is 9.47 Å². The molecule has 3 aromatic carbocycles. The molecule has 172 valence electrons. The van der Waals surface area contributed by atoms with Gasteiger partial charge in [-0.25, -0.2) is 0 Å². The van der Waals surface area contributed by atoms with Crippen LogP contribution in [0.25, 0.3) is 0 Å². The molecule has 3 aromatic rings. The second-order valence-corrected chi connectivity index (χ2v) is 8.55. The monoisotopic (exact) mass is 444 g/mol. The van der Waals surface area contributed by atoms with E-state index >= 15 is 0 Å². The van der Waals surface area contributed by atoms with Crippen LogP contribution in [-0.4, -0.2) is 55.6 Å². The van der Waals surface area contributed by atoms with E-state index in [1.54, 1.807) is 7.11 Å². The predicted octanol–water partition coefficient (Wildman–Crippen LogP) is 4.62. The van der Waals surface area contributed by atoms with Crippen molar-refractivity contribution in [3.05, 3.63) is 95.1 Å². The number of benzene rings is 3. The number of carbonyl (C=O) groups is 1. The topological polar surface area (TPSA) is 42.0 Å². The van der Waals surface area contributed by atoms with Crippen molar-refractivity contribution >= 4 is 5.91 Å². The highest BCUT2D eigenvalue weighted by Crippen LogP contribution is 2.32. The third-order valence-electron chi connectivity index (χ3n) is 6.30. The molecule has 4 rings (SSSR count). The van der Waals surface area contributed by atoms with Crippen LogP contribution >= 0.6 is 0 Å². The average molecular weight is 445 g/mol. The Hall–Kier alpha value is -3.31. The van der Waals surface area contributed by atoms with Crippen molar-refractivity contribution < 1.29 is 14.3 Å². The van der Waals surface area contributed by atoms with E-state index in [9.17, 15) is 4.79 Å². The smallest absolute Gasteiger partial charge is 0.260 e. The summed E-state index contributed by atoms with van der Waals surface area (Å²) in [5, 5.41) is 0. The number of hydrogen-bond donors (Lipinski definition) is 0. The Kier molecular flexibility index (Phi) is 7.30. The average Bonchev–Trinajstić information content (AvgIpc) is 2.86. The van der Waals surface area contributed by atoms with Gasteiger partial charge in [0.2, 0.25) is 0 Å². The molecule has 5 heteroatoms. The van der Waals surface area contributed by atoms with Crippen LogP contribution in [0, 0.1) is 13.8 Å². The summed E-state index contributed by atoms with van der Waals surface area (Å²) >= 11 is 0. The van der Waals surface area contributed by atoms with E-state index in [0.717, 1.165) is 18.8 Å². The Labute approximate surface area is 196 Å². The van der Waals surface area contributed by atoms with Crippen molar-refractivity contribution in [1.29, 1.82) is 0 Å². The second kappa shape index (κ2) is 10.5. The maximum atomic E-state index is 12.8. The van der Waals surface area contributed by atoms with Gasteiger partial charge in [-0.2, -0.15) is 0 Å². The third kappa shape index (κ3) is 5.55. The number of hydrogen-bond acceptors (Lipinski definition) is 4. The van der Waals surface area contributed by atoms with E-state index in [0.29, 0.717) is 18.8 Å². The molecule has 0 aliphatic carbocycles. The Morgan fingerprint density at radius 1 is 0.879 bits per heavy atom. The molecule has 1 fully saturated rings. The number of carbonyl (C=O) groups excluding carboxylic acids is 1. The normalized spacial score (nSPS) is 15.2. The number of amides is 1. The largest absolute Gasteiger partial charge is 0.497 e. The molecule has 1 amide bonds. The summed E-state index contributed by atoms with van der Waals surface area (Å²) in [7, 11) is 1.63. The van der Waals surface area contributed by atoms with Gasteiger partial charge in [0.05, 0.1) is 13.2 Å². The van der Waals surface area contributed by atoms with E-state index in [1.807, 2.05) is 29.2 Å². The Morgan fingerprint density at radius 2 is 1.55 bits per heavy atom. The van der Waals surface area contributed by atoms with Gasteiger partial charge in [-0.05, 0) is 54.8 Å². The quantitative estimate of drug-likeness (QED) is 0.533. The van der Waals surface area contributed by atoms with Gasteiger partial charge in [0.1, 0.15) is 11.5 Å². The zero-order valence-corrected chi connectivity index (χ0v) is 19.7. The molecule has 1 heterocycles. The van der Waals surface area contributed by atoms with Crippen LogP contribution in [0.5, 0.6) is 11.5 Å². The maximum Gasteiger partial charge on any atom is 0.260 e. The molecule has 1 atom stereocenters. The number of piperazine rings is 1. The van der Waals surface area contributed by atoms with Gasteiger partial charge in [0.15, 0.2) is 6.61 Å². The molecule has 1 saturated heterocycles. The standard InChI is InChI=1S/C28H32N2O3/c1-21-9-10-22(2)26(19-21)28(23-7-5-4-6-8-23)30-17-15-29(16-18-30)27(31)20-33-25-13-11-24(32-3)12-14-25/h4-14,19,28H,15-18,20H2,1-3H3/t28-/m0/s1. The lowest BCUT2D eigenvalue weighted by Gasteiger charge is -2.40. The summed E-state index contributed by atoms with van der Waals surface area (Å²) in [6, 6.07) is 24.8. The minimum atomic E-state index is 0.0217.